The number of hydrogen-bond donors (Lipinski definition) is 2. The molecule has 2 aliphatic carbocycles. The predicted octanol–water partition coefficient (Wildman–Crippen LogP) is 3.55. The first-order valence-corrected chi connectivity index (χ1v) is 12.5. The third kappa shape index (κ3) is 3.86. The first-order chi connectivity index (χ1) is 16.8. The van der Waals surface area contributed by atoms with E-state index in [1.165, 1.54) is 5.56 Å². The molecule has 5 heteroatoms. The fourth-order valence-electron chi connectivity index (χ4n) is 6.89. The molecule has 2 bridgehead atoms. The SMILES string of the molecule is C=CCN1CC[C@]23C[C@H](N(C)C(=O)C#Cc4cccc(C)c4)CC[C@]2(O)[C@H]1Cc1ccc(O)cc13. The van der Waals surface area contributed by atoms with Crippen molar-refractivity contribution in [3.05, 3.63) is 77.4 Å². The number of fused-ring (bicyclic) bond motifs is 1. The predicted molar refractivity (Wildman–Crippen MR) is 137 cm³/mol. The molecule has 35 heavy (non-hydrogen) atoms. The van der Waals surface area contributed by atoms with E-state index in [1.54, 1.807) is 11.0 Å². The fourth-order valence-corrected chi connectivity index (χ4v) is 6.89. The molecule has 2 fully saturated rings. The number of aromatic hydroxyl groups is 1. The smallest absolute Gasteiger partial charge is 0.298 e. The number of carbonyl (C=O) groups excluding carboxylic acids is 1. The first kappa shape index (κ1) is 23.7. The van der Waals surface area contributed by atoms with Crippen LogP contribution in [0.5, 0.6) is 5.75 Å². The van der Waals surface area contributed by atoms with Gasteiger partial charge in [0, 0.05) is 42.6 Å². The molecule has 5 nitrogen and oxygen atoms in total. The van der Waals surface area contributed by atoms with Crippen LogP contribution in [-0.4, -0.2) is 63.7 Å². The number of likely N-dealkylation sites (tertiary alicyclic amines) is 1. The summed E-state index contributed by atoms with van der Waals surface area (Å²) in [5.74, 6) is 5.86. The van der Waals surface area contributed by atoms with E-state index in [1.807, 2.05) is 56.4 Å². The maximum Gasteiger partial charge on any atom is 0.298 e. The average Bonchev–Trinajstić information content (AvgIpc) is 2.84. The van der Waals surface area contributed by atoms with Crippen LogP contribution in [0.15, 0.2) is 55.1 Å². The Morgan fingerprint density at radius 2 is 2.11 bits per heavy atom. The van der Waals surface area contributed by atoms with E-state index in [9.17, 15) is 15.0 Å². The number of amides is 1. The molecule has 0 aromatic heterocycles. The van der Waals surface area contributed by atoms with Gasteiger partial charge in [0.15, 0.2) is 0 Å². The van der Waals surface area contributed by atoms with E-state index in [2.05, 4.69) is 23.3 Å². The summed E-state index contributed by atoms with van der Waals surface area (Å²) in [4.78, 5) is 17.2. The second kappa shape index (κ2) is 8.86. The average molecular weight is 471 g/mol. The Labute approximate surface area is 208 Å². The van der Waals surface area contributed by atoms with Gasteiger partial charge in [-0.2, -0.15) is 0 Å². The fraction of sp³-hybridized carbons (Fsp3) is 0.433. The Hall–Kier alpha value is -3.07. The zero-order chi connectivity index (χ0) is 24.8. The molecule has 1 heterocycles. The topological polar surface area (TPSA) is 64.0 Å². The van der Waals surface area contributed by atoms with Gasteiger partial charge in [-0.1, -0.05) is 30.2 Å². The summed E-state index contributed by atoms with van der Waals surface area (Å²) in [6.45, 7) is 7.53. The zero-order valence-corrected chi connectivity index (χ0v) is 20.6. The normalized spacial score (nSPS) is 29.2. The Bertz CT molecular complexity index is 1230. The summed E-state index contributed by atoms with van der Waals surface area (Å²) in [5, 5.41) is 22.7. The molecule has 1 saturated heterocycles. The summed E-state index contributed by atoms with van der Waals surface area (Å²) in [6, 6.07) is 13.4. The van der Waals surface area contributed by atoms with Crippen LogP contribution >= 0.6 is 0 Å². The van der Waals surface area contributed by atoms with E-state index >= 15 is 0 Å². The molecular weight excluding hydrogens is 436 g/mol. The van der Waals surface area contributed by atoms with Crippen molar-refractivity contribution in [1.29, 1.82) is 0 Å². The van der Waals surface area contributed by atoms with Gasteiger partial charge in [-0.05, 0) is 86.5 Å². The molecule has 1 aliphatic heterocycles. The highest BCUT2D eigenvalue weighted by Crippen LogP contribution is 2.59. The maximum atomic E-state index is 13.1. The third-order valence-corrected chi connectivity index (χ3v) is 8.68. The van der Waals surface area contributed by atoms with Crippen LogP contribution in [0.3, 0.4) is 0 Å². The van der Waals surface area contributed by atoms with Crippen LogP contribution in [0.4, 0.5) is 0 Å². The van der Waals surface area contributed by atoms with E-state index in [0.29, 0.717) is 12.8 Å². The summed E-state index contributed by atoms with van der Waals surface area (Å²) >= 11 is 0. The molecule has 4 atom stereocenters. The van der Waals surface area contributed by atoms with E-state index < -0.39 is 11.0 Å². The Kier molecular flexibility index (Phi) is 5.99. The van der Waals surface area contributed by atoms with Gasteiger partial charge in [-0.25, -0.2) is 0 Å². The lowest BCUT2D eigenvalue weighted by atomic mass is 9.48. The van der Waals surface area contributed by atoms with Crippen LogP contribution in [0, 0.1) is 18.8 Å². The monoisotopic (exact) mass is 470 g/mol. The lowest BCUT2D eigenvalue weighted by molar-refractivity contribution is -0.175. The van der Waals surface area contributed by atoms with Crippen molar-refractivity contribution in [1.82, 2.24) is 9.80 Å². The molecule has 182 valence electrons. The van der Waals surface area contributed by atoms with Crippen molar-refractivity contribution in [2.24, 2.45) is 0 Å². The standard InChI is InChI=1S/C30H34N2O3/c1-4-15-32-16-14-29-20-24(31(3)28(34)11-8-22-7-5-6-21(2)17-22)12-13-30(29,35)27(32)18-23-9-10-25(33)19-26(23)29/h4-7,9-10,17,19,24,27,33,35H,1,12-16,18,20H2,2-3H3/t24-,27-,29-,30+/m1/s1. The maximum absolute atomic E-state index is 13.1. The van der Waals surface area contributed by atoms with Crippen LogP contribution in [0.25, 0.3) is 0 Å². The van der Waals surface area contributed by atoms with Crippen molar-refractivity contribution in [2.45, 2.75) is 62.1 Å². The summed E-state index contributed by atoms with van der Waals surface area (Å²) in [7, 11) is 1.83. The first-order valence-electron chi connectivity index (χ1n) is 12.5. The van der Waals surface area contributed by atoms with E-state index in [0.717, 1.165) is 49.0 Å². The number of benzene rings is 2. The van der Waals surface area contributed by atoms with E-state index in [-0.39, 0.29) is 23.7 Å². The molecule has 2 aromatic rings. The van der Waals surface area contributed by atoms with Gasteiger partial charge in [0.25, 0.3) is 5.91 Å². The minimum Gasteiger partial charge on any atom is -0.508 e. The second-order valence-corrected chi connectivity index (χ2v) is 10.5. The molecule has 1 saturated carbocycles. The van der Waals surface area contributed by atoms with Crippen molar-refractivity contribution in [3.8, 4) is 17.6 Å². The van der Waals surface area contributed by atoms with Gasteiger partial charge in [-0.3, -0.25) is 9.69 Å². The van der Waals surface area contributed by atoms with Gasteiger partial charge in [0.1, 0.15) is 5.75 Å². The Morgan fingerprint density at radius 3 is 2.89 bits per heavy atom. The second-order valence-electron chi connectivity index (χ2n) is 10.5. The van der Waals surface area contributed by atoms with Crippen LogP contribution in [0.1, 0.15) is 47.9 Å². The number of carbonyl (C=O) groups is 1. The van der Waals surface area contributed by atoms with Crippen LogP contribution < -0.4 is 0 Å². The van der Waals surface area contributed by atoms with Crippen molar-refractivity contribution >= 4 is 5.91 Å². The number of aryl methyl sites for hydroxylation is 1. The molecule has 1 amide bonds. The third-order valence-electron chi connectivity index (χ3n) is 8.68. The summed E-state index contributed by atoms with van der Waals surface area (Å²) < 4.78 is 0. The van der Waals surface area contributed by atoms with Gasteiger partial charge < -0.3 is 15.1 Å². The molecule has 3 aliphatic rings. The summed E-state index contributed by atoms with van der Waals surface area (Å²) in [6.07, 6.45) is 5.43. The number of phenols is 1. The largest absolute Gasteiger partial charge is 0.508 e. The van der Waals surface area contributed by atoms with Gasteiger partial charge in [0.05, 0.1) is 5.60 Å². The zero-order valence-electron chi connectivity index (χ0n) is 20.6. The highest BCUT2D eigenvalue weighted by Gasteiger charge is 2.64. The highest BCUT2D eigenvalue weighted by atomic mass is 16.3. The quantitative estimate of drug-likeness (QED) is 0.532. The van der Waals surface area contributed by atoms with Crippen molar-refractivity contribution < 1.29 is 15.0 Å². The Balaban J connectivity index is 1.47. The molecule has 5 rings (SSSR count). The molecular formula is C30H34N2O3. The number of nitrogens with zero attached hydrogens (tertiary/aromatic N) is 2. The molecule has 0 unspecified atom stereocenters. The van der Waals surface area contributed by atoms with Crippen LogP contribution in [0.2, 0.25) is 0 Å². The number of piperidine rings is 1. The minimum absolute atomic E-state index is 0.00522. The van der Waals surface area contributed by atoms with Gasteiger partial charge in [0.2, 0.25) is 0 Å². The minimum atomic E-state index is -0.914. The Morgan fingerprint density at radius 1 is 1.29 bits per heavy atom. The summed E-state index contributed by atoms with van der Waals surface area (Å²) in [5.41, 5.74) is 2.74. The number of rotatable bonds is 3. The van der Waals surface area contributed by atoms with Crippen LogP contribution in [-0.2, 0) is 16.6 Å². The number of aliphatic hydroxyl groups is 1. The highest BCUT2D eigenvalue weighted by molar-refractivity contribution is 5.94. The van der Waals surface area contributed by atoms with Gasteiger partial charge >= 0.3 is 0 Å². The molecule has 0 spiro atoms. The molecule has 0 radical (unpaired) electrons. The molecule has 2 N–H and O–H groups in total. The lowest BCUT2D eigenvalue weighted by Gasteiger charge is -2.65. The number of phenolic OH excluding ortho intramolecular Hbond substituents is 1. The van der Waals surface area contributed by atoms with Crippen molar-refractivity contribution in [3.63, 3.8) is 0 Å². The van der Waals surface area contributed by atoms with E-state index in [4.69, 9.17) is 0 Å². The van der Waals surface area contributed by atoms with Crippen molar-refractivity contribution in [2.75, 3.05) is 20.1 Å². The van der Waals surface area contributed by atoms with Gasteiger partial charge in [-0.15, -0.1) is 6.58 Å². The number of hydrogen-bond acceptors (Lipinski definition) is 4. The lowest BCUT2D eigenvalue weighted by Crippen LogP contribution is -2.74. The molecule has 2 aromatic carbocycles.